The van der Waals surface area contributed by atoms with Gasteiger partial charge >= 0.3 is 0 Å². The third kappa shape index (κ3) is 4.02. The summed E-state index contributed by atoms with van der Waals surface area (Å²) in [6.07, 6.45) is 3.51. The average molecular weight is 287 g/mol. The second-order valence-electron chi connectivity index (χ2n) is 6.37. The number of hydrogen-bond donors (Lipinski definition) is 2. The van der Waals surface area contributed by atoms with E-state index in [1.54, 1.807) is 7.11 Å². The quantitative estimate of drug-likeness (QED) is 0.600. The fourth-order valence-corrected chi connectivity index (χ4v) is 2.48. The summed E-state index contributed by atoms with van der Waals surface area (Å²) < 4.78 is 5.69. The summed E-state index contributed by atoms with van der Waals surface area (Å²) in [5, 5.41) is 6.91. The number of aliphatic imine (C=N–C) groups is 1. The number of methoxy groups -OCH3 is 1. The van der Waals surface area contributed by atoms with Crippen LogP contribution in [0.1, 0.15) is 34.1 Å². The zero-order chi connectivity index (χ0) is 14.7. The number of hydrogen-bond acceptors (Lipinski definition) is 3. The lowest BCUT2D eigenvalue weighted by Gasteiger charge is -2.51. The molecule has 1 aliphatic carbocycles. The average Bonchev–Trinajstić information content (AvgIpc) is 2.37. The summed E-state index contributed by atoms with van der Waals surface area (Å²) in [6.45, 7) is 9.83. The van der Waals surface area contributed by atoms with Crippen LogP contribution in [-0.2, 0) is 4.74 Å². The third-order valence-electron chi connectivity index (χ3n) is 4.23. The van der Waals surface area contributed by atoms with Crippen LogP contribution in [0.3, 0.4) is 0 Å². The zero-order valence-corrected chi connectivity index (χ0v) is 14.1. The van der Waals surface area contributed by atoms with Gasteiger partial charge in [0.05, 0.1) is 6.10 Å². The summed E-state index contributed by atoms with van der Waals surface area (Å²) in [4.78, 5) is 4.31. The van der Waals surface area contributed by atoms with Crippen molar-refractivity contribution in [1.29, 1.82) is 0 Å². The Balaban J connectivity index is 2.47. The van der Waals surface area contributed by atoms with E-state index in [1.807, 2.05) is 18.8 Å². The fourth-order valence-electron chi connectivity index (χ4n) is 2.26. The van der Waals surface area contributed by atoms with Gasteiger partial charge in [0.1, 0.15) is 0 Å². The van der Waals surface area contributed by atoms with Gasteiger partial charge in [0.2, 0.25) is 0 Å². The molecule has 5 heteroatoms. The highest BCUT2D eigenvalue weighted by atomic mass is 32.2. The number of guanidine groups is 1. The molecule has 0 amide bonds. The Morgan fingerprint density at radius 2 is 2.11 bits per heavy atom. The minimum Gasteiger partial charge on any atom is -0.381 e. The highest BCUT2D eigenvalue weighted by Gasteiger charge is 2.48. The molecule has 19 heavy (non-hydrogen) atoms. The van der Waals surface area contributed by atoms with Gasteiger partial charge in [-0.15, -0.1) is 0 Å². The first-order valence-electron chi connectivity index (χ1n) is 6.82. The van der Waals surface area contributed by atoms with Gasteiger partial charge in [0.25, 0.3) is 0 Å². The Bertz CT molecular complexity index is 329. The van der Waals surface area contributed by atoms with E-state index in [2.05, 4.69) is 49.6 Å². The standard InChI is InChI=1S/C14H29N3OS/c1-13(2,19-7)9-16-12(15-5)17-10-8-11(18-6)14(10,3)4/h10-11H,8-9H2,1-7H3,(H2,15,16,17). The van der Waals surface area contributed by atoms with Gasteiger partial charge in [0, 0.05) is 36.9 Å². The van der Waals surface area contributed by atoms with Crippen molar-refractivity contribution < 1.29 is 4.74 Å². The second kappa shape index (κ2) is 6.35. The molecule has 2 unspecified atom stereocenters. The molecule has 0 aromatic heterocycles. The van der Waals surface area contributed by atoms with Gasteiger partial charge in [-0.3, -0.25) is 4.99 Å². The van der Waals surface area contributed by atoms with Crippen LogP contribution in [0.2, 0.25) is 0 Å². The SMILES string of the molecule is CN=C(NCC(C)(C)SC)NC1CC(OC)C1(C)C. The van der Waals surface area contributed by atoms with Gasteiger partial charge in [-0.25, -0.2) is 0 Å². The second-order valence-corrected chi connectivity index (χ2v) is 7.88. The summed E-state index contributed by atoms with van der Waals surface area (Å²) in [6, 6.07) is 0.418. The maximum Gasteiger partial charge on any atom is 0.191 e. The number of thioether (sulfide) groups is 1. The van der Waals surface area contributed by atoms with Crippen LogP contribution >= 0.6 is 11.8 Å². The predicted molar refractivity (Wildman–Crippen MR) is 85.1 cm³/mol. The molecule has 0 radical (unpaired) electrons. The molecule has 1 fully saturated rings. The van der Waals surface area contributed by atoms with Gasteiger partial charge in [0.15, 0.2) is 5.96 Å². The third-order valence-corrected chi connectivity index (χ3v) is 5.48. The molecule has 2 atom stereocenters. The van der Waals surface area contributed by atoms with Crippen LogP contribution in [0.15, 0.2) is 4.99 Å². The molecular weight excluding hydrogens is 258 g/mol. The zero-order valence-electron chi connectivity index (χ0n) is 13.3. The van der Waals surface area contributed by atoms with Gasteiger partial charge < -0.3 is 15.4 Å². The van der Waals surface area contributed by atoms with Gasteiger partial charge in [-0.2, -0.15) is 11.8 Å². The highest BCUT2D eigenvalue weighted by molar-refractivity contribution is 7.99. The Hall–Kier alpha value is -0.420. The molecule has 0 spiro atoms. The first-order valence-corrected chi connectivity index (χ1v) is 8.04. The molecule has 0 bridgehead atoms. The molecule has 1 rings (SSSR count). The van der Waals surface area contributed by atoms with Crippen molar-refractivity contribution in [2.24, 2.45) is 10.4 Å². The maximum atomic E-state index is 5.47. The van der Waals surface area contributed by atoms with Crippen molar-refractivity contribution >= 4 is 17.7 Å². The Morgan fingerprint density at radius 1 is 1.47 bits per heavy atom. The monoisotopic (exact) mass is 287 g/mol. The summed E-state index contributed by atoms with van der Waals surface area (Å²) >= 11 is 1.86. The summed E-state index contributed by atoms with van der Waals surface area (Å²) in [5.74, 6) is 0.884. The molecule has 112 valence electrons. The van der Waals surface area contributed by atoms with Crippen molar-refractivity contribution in [1.82, 2.24) is 10.6 Å². The first-order chi connectivity index (χ1) is 8.76. The van der Waals surface area contributed by atoms with Gasteiger partial charge in [-0.05, 0) is 26.5 Å². The van der Waals surface area contributed by atoms with E-state index >= 15 is 0 Å². The van der Waals surface area contributed by atoms with Crippen molar-refractivity contribution in [2.75, 3.05) is 27.0 Å². The van der Waals surface area contributed by atoms with E-state index in [1.165, 1.54) is 0 Å². The Morgan fingerprint density at radius 3 is 2.53 bits per heavy atom. The largest absolute Gasteiger partial charge is 0.381 e. The maximum absolute atomic E-state index is 5.47. The predicted octanol–water partition coefficient (Wildman–Crippen LogP) is 2.11. The molecule has 4 nitrogen and oxygen atoms in total. The lowest BCUT2D eigenvalue weighted by molar-refractivity contribution is -0.0922. The molecule has 1 aliphatic rings. The number of ether oxygens (including phenoxy) is 1. The topological polar surface area (TPSA) is 45.7 Å². The molecule has 2 N–H and O–H groups in total. The smallest absolute Gasteiger partial charge is 0.191 e. The van der Waals surface area contributed by atoms with Crippen LogP contribution in [0.25, 0.3) is 0 Å². The molecule has 1 saturated carbocycles. The molecular formula is C14H29N3OS. The van der Waals surface area contributed by atoms with Crippen molar-refractivity contribution in [3.05, 3.63) is 0 Å². The molecule has 0 heterocycles. The number of rotatable bonds is 5. The van der Waals surface area contributed by atoms with Crippen LogP contribution in [0.4, 0.5) is 0 Å². The van der Waals surface area contributed by atoms with E-state index in [0.29, 0.717) is 12.1 Å². The Kier molecular flexibility index (Phi) is 5.56. The van der Waals surface area contributed by atoms with Crippen molar-refractivity contribution in [3.8, 4) is 0 Å². The number of nitrogens with one attached hydrogen (secondary N) is 2. The minimum absolute atomic E-state index is 0.154. The first kappa shape index (κ1) is 16.6. The van der Waals surface area contributed by atoms with E-state index in [4.69, 9.17) is 4.74 Å². The molecule has 0 saturated heterocycles. The molecule has 0 aromatic rings. The summed E-state index contributed by atoms with van der Waals surface area (Å²) in [7, 11) is 3.61. The van der Waals surface area contributed by atoms with E-state index in [9.17, 15) is 0 Å². The normalized spacial score (nSPS) is 26.8. The van der Waals surface area contributed by atoms with Crippen LogP contribution < -0.4 is 10.6 Å². The lowest BCUT2D eigenvalue weighted by Crippen LogP contribution is -2.63. The minimum atomic E-state index is 0.154. The van der Waals surface area contributed by atoms with E-state index < -0.39 is 0 Å². The number of nitrogens with zero attached hydrogens (tertiary/aromatic N) is 1. The van der Waals surface area contributed by atoms with Crippen molar-refractivity contribution in [3.63, 3.8) is 0 Å². The summed E-state index contributed by atoms with van der Waals surface area (Å²) in [5.41, 5.74) is 0.154. The van der Waals surface area contributed by atoms with E-state index in [-0.39, 0.29) is 10.2 Å². The molecule has 0 aliphatic heterocycles. The fraction of sp³-hybridized carbons (Fsp3) is 0.929. The van der Waals surface area contributed by atoms with Crippen LogP contribution in [0, 0.1) is 5.41 Å². The van der Waals surface area contributed by atoms with E-state index in [0.717, 1.165) is 18.9 Å². The lowest BCUT2D eigenvalue weighted by atomic mass is 9.64. The van der Waals surface area contributed by atoms with Crippen molar-refractivity contribution in [2.45, 2.75) is 51.0 Å². The van der Waals surface area contributed by atoms with Gasteiger partial charge in [-0.1, -0.05) is 13.8 Å². The highest BCUT2D eigenvalue weighted by Crippen LogP contribution is 2.42. The Labute approximate surface area is 122 Å². The van der Waals surface area contributed by atoms with Crippen LogP contribution in [0.5, 0.6) is 0 Å². The van der Waals surface area contributed by atoms with Crippen LogP contribution in [-0.4, -0.2) is 49.8 Å². The molecule has 0 aromatic carbocycles.